The lowest BCUT2D eigenvalue weighted by Gasteiger charge is -2.11. The molecule has 7 heteroatoms. The molecular weight excluding hydrogens is 409 g/mol. The summed E-state index contributed by atoms with van der Waals surface area (Å²) in [6.07, 6.45) is 1.80. The summed E-state index contributed by atoms with van der Waals surface area (Å²) < 4.78 is 1.85. The number of thioether (sulfide) groups is 1. The van der Waals surface area contributed by atoms with E-state index in [1.165, 1.54) is 4.90 Å². The van der Waals surface area contributed by atoms with Gasteiger partial charge in [0.2, 0.25) is 0 Å². The molecule has 2 rings (SSSR count). The number of aromatic nitrogens is 2. The van der Waals surface area contributed by atoms with E-state index in [9.17, 15) is 0 Å². The normalized spacial score (nSPS) is 10.9. The van der Waals surface area contributed by atoms with Gasteiger partial charge in [-0.15, -0.1) is 35.7 Å². The van der Waals surface area contributed by atoms with Crippen LogP contribution < -0.4 is 10.6 Å². The molecule has 0 spiro atoms. The van der Waals surface area contributed by atoms with Crippen molar-refractivity contribution in [2.24, 2.45) is 12.0 Å². The fourth-order valence-electron chi connectivity index (χ4n) is 1.82. The van der Waals surface area contributed by atoms with Gasteiger partial charge in [0, 0.05) is 37.5 Å². The van der Waals surface area contributed by atoms with Gasteiger partial charge in [-0.2, -0.15) is 5.10 Å². The van der Waals surface area contributed by atoms with Crippen LogP contribution in [0.25, 0.3) is 0 Å². The highest BCUT2D eigenvalue weighted by Crippen LogP contribution is 2.15. The molecule has 0 radical (unpaired) electrons. The summed E-state index contributed by atoms with van der Waals surface area (Å²) in [5.74, 6) is 1.81. The van der Waals surface area contributed by atoms with Gasteiger partial charge in [0.05, 0.1) is 12.2 Å². The number of nitrogens with one attached hydrogen (secondary N) is 2. The van der Waals surface area contributed by atoms with Crippen molar-refractivity contribution in [2.75, 3.05) is 19.3 Å². The number of halogens is 1. The summed E-state index contributed by atoms with van der Waals surface area (Å²) in [5, 5.41) is 10.7. The Bertz CT molecular complexity index is 570. The maximum atomic E-state index is 4.22. The molecule has 0 amide bonds. The van der Waals surface area contributed by atoms with Crippen LogP contribution >= 0.6 is 35.7 Å². The average molecular weight is 431 g/mol. The summed E-state index contributed by atoms with van der Waals surface area (Å²) >= 11 is 1.83. The molecule has 5 nitrogen and oxygen atoms in total. The molecule has 0 bridgehead atoms. The quantitative estimate of drug-likeness (QED) is 0.243. The van der Waals surface area contributed by atoms with Gasteiger partial charge in [-0.05, 0) is 18.2 Å². The van der Waals surface area contributed by atoms with Gasteiger partial charge in [-0.1, -0.05) is 18.2 Å². The third-order valence-corrected chi connectivity index (χ3v) is 4.00. The molecule has 1 aromatic heterocycles. The topological polar surface area (TPSA) is 54.2 Å². The van der Waals surface area contributed by atoms with Gasteiger partial charge in [-0.25, -0.2) is 0 Å². The van der Waals surface area contributed by atoms with Crippen LogP contribution in [0.3, 0.4) is 0 Å². The van der Waals surface area contributed by atoms with E-state index in [0.717, 1.165) is 24.0 Å². The van der Waals surface area contributed by atoms with Crippen molar-refractivity contribution in [1.29, 1.82) is 0 Å². The first kappa shape index (κ1) is 18.8. The maximum Gasteiger partial charge on any atom is 0.191 e. The Morgan fingerprint density at radius 2 is 2.00 bits per heavy atom. The third kappa shape index (κ3) is 6.27. The molecule has 0 aliphatic carbocycles. The van der Waals surface area contributed by atoms with Crippen molar-refractivity contribution >= 4 is 41.7 Å². The number of hydrogen-bond donors (Lipinski definition) is 2. The van der Waals surface area contributed by atoms with Crippen LogP contribution in [0.1, 0.15) is 5.69 Å². The third-order valence-electron chi connectivity index (χ3n) is 2.99. The zero-order chi connectivity index (χ0) is 14.9. The lowest BCUT2D eigenvalue weighted by molar-refractivity contribution is 0.686. The lowest BCUT2D eigenvalue weighted by Crippen LogP contribution is -2.38. The number of benzene rings is 1. The standard InChI is InChI=1S/C15H21N5S.HI/c1-16-15(18-12-13-8-9-19-20(13)2)17-10-11-21-14-6-4-3-5-7-14;/h3-9H,10-12H2,1-2H3,(H2,16,17,18);1H. The van der Waals surface area contributed by atoms with Gasteiger partial charge in [0.25, 0.3) is 0 Å². The molecule has 1 heterocycles. The molecule has 0 saturated carbocycles. The molecule has 0 saturated heterocycles. The number of aryl methyl sites for hydroxylation is 1. The maximum absolute atomic E-state index is 4.22. The number of guanidine groups is 1. The number of rotatable bonds is 6. The van der Waals surface area contributed by atoms with E-state index in [1.807, 2.05) is 35.6 Å². The van der Waals surface area contributed by atoms with Crippen molar-refractivity contribution in [1.82, 2.24) is 20.4 Å². The first-order chi connectivity index (χ1) is 10.3. The molecule has 0 atom stereocenters. The van der Waals surface area contributed by atoms with E-state index < -0.39 is 0 Å². The van der Waals surface area contributed by atoms with Crippen LogP contribution in [0, 0.1) is 0 Å². The van der Waals surface area contributed by atoms with Crippen molar-refractivity contribution in [2.45, 2.75) is 11.4 Å². The zero-order valence-corrected chi connectivity index (χ0v) is 16.0. The molecular formula is C15H22IN5S. The molecule has 0 aliphatic rings. The second-order valence-corrected chi connectivity index (χ2v) is 5.63. The number of hydrogen-bond acceptors (Lipinski definition) is 3. The van der Waals surface area contributed by atoms with E-state index in [2.05, 4.69) is 45.0 Å². The lowest BCUT2D eigenvalue weighted by atomic mass is 10.4. The highest BCUT2D eigenvalue weighted by atomic mass is 127. The Balaban J connectivity index is 0.00000242. The van der Waals surface area contributed by atoms with Gasteiger partial charge in [0.1, 0.15) is 0 Å². The second-order valence-electron chi connectivity index (χ2n) is 4.46. The largest absolute Gasteiger partial charge is 0.356 e. The highest BCUT2D eigenvalue weighted by molar-refractivity contribution is 14.0. The summed E-state index contributed by atoms with van der Waals surface area (Å²) in [5.41, 5.74) is 1.12. The molecule has 120 valence electrons. The first-order valence-electron chi connectivity index (χ1n) is 6.89. The zero-order valence-electron chi connectivity index (χ0n) is 12.8. The molecule has 1 aromatic carbocycles. The van der Waals surface area contributed by atoms with E-state index in [-0.39, 0.29) is 24.0 Å². The van der Waals surface area contributed by atoms with Gasteiger partial charge in [-0.3, -0.25) is 9.67 Å². The van der Waals surface area contributed by atoms with Crippen LogP contribution in [0.15, 0.2) is 52.5 Å². The van der Waals surface area contributed by atoms with Crippen molar-refractivity contribution in [3.63, 3.8) is 0 Å². The highest BCUT2D eigenvalue weighted by Gasteiger charge is 2.01. The predicted molar refractivity (Wildman–Crippen MR) is 104 cm³/mol. The SMILES string of the molecule is CN=C(NCCSc1ccccc1)NCc1ccnn1C.I. The Morgan fingerprint density at radius 3 is 2.64 bits per heavy atom. The van der Waals surface area contributed by atoms with Crippen molar-refractivity contribution < 1.29 is 0 Å². The van der Waals surface area contributed by atoms with Crippen LogP contribution in [0.2, 0.25) is 0 Å². The molecule has 2 N–H and O–H groups in total. The molecule has 22 heavy (non-hydrogen) atoms. The van der Waals surface area contributed by atoms with E-state index in [1.54, 1.807) is 13.2 Å². The summed E-state index contributed by atoms with van der Waals surface area (Å²) in [6, 6.07) is 12.4. The number of nitrogens with zero attached hydrogens (tertiary/aromatic N) is 3. The van der Waals surface area contributed by atoms with E-state index in [0.29, 0.717) is 6.54 Å². The van der Waals surface area contributed by atoms with Gasteiger partial charge >= 0.3 is 0 Å². The Hall–Kier alpha value is -1.22. The second kappa shape index (κ2) is 10.5. The monoisotopic (exact) mass is 431 g/mol. The van der Waals surface area contributed by atoms with Crippen molar-refractivity contribution in [3.05, 3.63) is 48.3 Å². The van der Waals surface area contributed by atoms with Gasteiger partial charge in [0.15, 0.2) is 5.96 Å². The first-order valence-corrected chi connectivity index (χ1v) is 7.87. The smallest absolute Gasteiger partial charge is 0.191 e. The van der Waals surface area contributed by atoms with Crippen LogP contribution in [-0.2, 0) is 13.6 Å². The summed E-state index contributed by atoms with van der Waals surface area (Å²) in [6.45, 7) is 1.58. The fraction of sp³-hybridized carbons (Fsp3) is 0.333. The fourth-order valence-corrected chi connectivity index (χ4v) is 2.61. The Morgan fingerprint density at radius 1 is 1.23 bits per heavy atom. The predicted octanol–water partition coefficient (Wildman–Crippen LogP) is 2.50. The molecule has 0 fully saturated rings. The summed E-state index contributed by atoms with van der Waals surface area (Å²) in [7, 11) is 3.71. The van der Waals surface area contributed by atoms with Crippen LogP contribution in [-0.4, -0.2) is 35.1 Å². The number of aliphatic imine (C=N–C) groups is 1. The van der Waals surface area contributed by atoms with Gasteiger partial charge < -0.3 is 10.6 Å². The average Bonchev–Trinajstić information content (AvgIpc) is 2.93. The summed E-state index contributed by atoms with van der Waals surface area (Å²) in [4.78, 5) is 5.51. The van der Waals surface area contributed by atoms with E-state index in [4.69, 9.17) is 0 Å². The Kier molecular flexibility index (Phi) is 8.98. The minimum absolute atomic E-state index is 0. The van der Waals surface area contributed by atoms with Crippen LogP contribution in [0.5, 0.6) is 0 Å². The molecule has 0 unspecified atom stereocenters. The van der Waals surface area contributed by atoms with Crippen LogP contribution in [0.4, 0.5) is 0 Å². The minimum atomic E-state index is 0. The minimum Gasteiger partial charge on any atom is -0.356 e. The van der Waals surface area contributed by atoms with E-state index >= 15 is 0 Å². The van der Waals surface area contributed by atoms with Crippen molar-refractivity contribution in [3.8, 4) is 0 Å². The molecule has 2 aromatic rings. The molecule has 0 aliphatic heterocycles. The Labute approximate surface area is 153 Å².